The topological polar surface area (TPSA) is 114 Å². The first-order valence-electron chi connectivity index (χ1n) is 9.48. The molecule has 0 spiro atoms. The fourth-order valence-electron chi connectivity index (χ4n) is 3.58. The Morgan fingerprint density at radius 2 is 1.83 bits per heavy atom. The Morgan fingerprint density at radius 1 is 1.17 bits per heavy atom. The Balaban J connectivity index is 1.64. The molecule has 0 aromatic heterocycles. The average molecular weight is 420 g/mol. The lowest BCUT2D eigenvalue weighted by atomic mass is 9.99. The molecule has 0 aliphatic carbocycles. The molecule has 0 saturated carbocycles. The molecule has 2 amide bonds. The van der Waals surface area contributed by atoms with Gasteiger partial charge in [0.25, 0.3) is 0 Å². The number of nitrogens with zero attached hydrogens (tertiary/aromatic N) is 4. The highest BCUT2D eigenvalue weighted by atomic mass is 32.2. The van der Waals surface area contributed by atoms with Crippen LogP contribution in [0.5, 0.6) is 0 Å². The van der Waals surface area contributed by atoms with Gasteiger partial charge in [-0.1, -0.05) is 12.1 Å². The number of carbonyl (C=O) groups excluding carboxylic acids is 2. The van der Waals surface area contributed by atoms with Crippen molar-refractivity contribution in [3.05, 3.63) is 29.8 Å². The van der Waals surface area contributed by atoms with Gasteiger partial charge in [-0.05, 0) is 26.0 Å². The second kappa shape index (κ2) is 8.10. The van der Waals surface area contributed by atoms with Gasteiger partial charge < -0.3 is 10.2 Å². The fourth-order valence-corrected chi connectivity index (χ4v) is 5.15. The number of hydrogen-bond acceptors (Lipinski definition) is 6. The zero-order valence-corrected chi connectivity index (χ0v) is 17.4. The second-order valence-corrected chi connectivity index (χ2v) is 9.54. The number of sulfonamides is 1. The Kier molecular flexibility index (Phi) is 5.93. The Hall–Kier alpha value is -2.48. The molecule has 0 unspecified atom stereocenters. The summed E-state index contributed by atoms with van der Waals surface area (Å²) >= 11 is 0. The molecule has 1 aromatic rings. The molecule has 2 aliphatic rings. The molecule has 0 bridgehead atoms. The minimum absolute atomic E-state index is 0.0108. The molecule has 2 saturated heterocycles. The lowest BCUT2D eigenvalue weighted by Crippen LogP contribution is -2.64. The minimum atomic E-state index is -3.80. The molecule has 1 aromatic carbocycles. The molecule has 0 atom stereocenters. The predicted molar refractivity (Wildman–Crippen MR) is 105 cm³/mol. The van der Waals surface area contributed by atoms with Gasteiger partial charge >= 0.3 is 0 Å². The summed E-state index contributed by atoms with van der Waals surface area (Å²) in [4.78, 5) is 28.2. The molecule has 2 aliphatic heterocycles. The van der Waals surface area contributed by atoms with E-state index >= 15 is 0 Å². The highest BCUT2D eigenvalue weighted by Crippen LogP contribution is 2.22. The monoisotopic (exact) mass is 419 g/mol. The van der Waals surface area contributed by atoms with Crippen LogP contribution in [0, 0.1) is 11.3 Å². The molecular weight excluding hydrogens is 394 g/mol. The molecular formula is C19H25N5O4S. The molecule has 29 heavy (non-hydrogen) atoms. The molecule has 1 N–H and O–H groups in total. The van der Waals surface area contributed by atoms with E-state index in [2.05, 4.69) is 5.32 Å². The molecule has 3 rings (SSSR count). The summed E-state index contributed by atoms with van der Waals surface area (Å²) in [5.41, 5.74) is -0.656. The summed E-state index contributed by atoms with van der Waals surface area (Å²) in [5.74, 6) is -0.231. The van der Waals surface area contributed by atoms with Crippen LogP contribution in [0.2, 0.25) is 0 Å². The van der Waals surface area contributed by atoms with Crippen LogP contribution < -0.4 is 5.32 Å². The molecule has 0 radical (unpaired) electrons. The third kappa shape index (κ3) is 4.12. The van der Waals surface area contributed by atoms with E-state index in [0.717, 1.165) is 0 Å². The smallest absolute Gasteiger partial charge is 0.244 e. The maximum Gasteiger partial charge on any atom is 0.244 e. The third-order valence-electron chi connectivity index (χ3n) is 5.56. The van der Waals surface area contributed by atoms with E-state index in [0.29, 0.717) is 13.1 Å². The number of nitrogens with one attached hydrogen (secondary N) is 1. The third-order valence-corrected chi connectivity index (χ3v) is 7.51. The van der Waals surface area contributed by atoms with Gasteiger partial charge in [-0.15, -0.1) is 0 Å². The van der Waals surface area contributed by atoms with Crippen molar-refractivity contribution < 1.29 is 18.0 Å². The van der Waals surface area contributed by atoms with Crippen LogP contribution in [0.4, 0.5) is 0 Å². The number of hydrogen-bond donors (Lipinski definition) is 1. The van der Waals surface area contributed by atoms with E-state index in [1.165, 1.54) is 16.4 Å². The van der Waals surface area contributed by atoms with Crippen molar-refractivity contribution in [3.8, 4) is 6.07 Å². The summed E-state index contributed by atoms with van der Waals surface area (Å²) in [6, 6.07) is 8.03. The summed E-state index contributed by atoms with van der Waals surface area (Å²) in [7, 11) is -3.80. The van der Waals surface area contributed by atoms with Gasteiger partial charge in [-0.25, -0.2) is 8.42 Å². The van der Waals surface area contributed by atoms with E-state index in [-0.39, 0.29) is 55.0 Å². The highest BCUT2D eigenvalue weighted by molar-refractivity contribution is 7.89. The predicted octanol–water partition coefficient (Wildman–Crippen LogP) is -0.398. The van der Waals surface area contributed by atoms with Crippen LogP contribution in [0.15, 0.2) is 29.2 Å². The summed E-state index contributed by atoms with van der Waals surface area (Å²) in [6.45, 7) is 5.64. The summed E-state index contributed by atoms with van der Waals surface area (Å²) < 4.78 is 27.1. The van der Waals surface area contributed by atoms with Crippen molar-refractivity contribution in [1.82, 2.24) is 19.4 Å². The van der Waals surface area contributed by atoms with Gasteiger partial charge in [0.2, 0.25) is 21.8 Å². The second-order valence-electron chi connectivity index (χ2n) is 7.63. The molecule has 9 nitrogen and oxygen atoms in total. The largest absolute Gasteiger partial charge is 0.353 e. The van der Waals surface area contributed by atoms with Crippen LogP contribution in [0.1, 0.15) is 19.4 Å². The number of piperazine rings is 2. The van der Waals surface area contributed by atoms with Gasteiger partial charge in [0, 0.05) is 39.3 Å². The van der Waals surface area contributed by atoms with Crippen molar-refractivity contribution in [1.29, 1.82) is 5.26 Å². The Bertz CT molecular complexity index is 946. The first-order chi connectivity index (χ1) is 13.7. The van der Waals surface area contributed by atoms with Gasteiger partial charge in [0.05, 0.1) is 22.5 Å². The first-order valence-corrected chi connectivity index (χ1v) is 10.9. The quantitative estimate of drug-likeness (QED) is 0.711. The van der Waals surface area contributed by atoms with Crippen LogP contribution >= 0.6 is 0 Å². The van der Waals surface area contributed by atoms with E-state index in [1.54, 1.807) is 30.9 Å². The van der Waals surface area contributed by atoms with E-state index in [1.807, 2.05) is 11.0 Å². The minimum Gasteiger partial charge on any atom is -0.353 e. The van der Waals surface area contributed by atoms with E-state index in [4.69, 9.17) is 0 Å². The molecule has 2 heterocycles. The number of benzene rings is 1. The molecule has 2 fully saturated rings. The van der Waals surface area contributed by atoms with Crippen molar-refractivity contribution in [2.45, 2.75) is 24.3 Å². The van der Waals surface area contributed by atoms with Crippen molar-refractivity contribution in [2.24, 2.45) is 0 Å². The van der Waals surface area contributed by atoms with Crippen LogP contribution in [0.25, 0.3) is 0 Å². The Morgan fingerprint density at radius 3 is 2.48 bits per heavy atom. The van der Waals surface area contributed by atoms with Gasteiger partial charge in [0.15, 0.2) is 0 Å². The number of amides is 2. The van der Waals surface area contributed by atoms with Gasteiger partial charge in [-0.3, -0.25) is 14.5 Å². The van der Waals surface area contributed by atoms with Gasteiger partial charge in [0.1, 0.15) is 6.07 Å². The Labute approximate surface area is 170 Å². The highest BCUT2D eigenvalue weighted by Gasteiger charge is 2.39. The van der Waals surface area contributed by atoms with Crippen LogP contribution in [0.3, 0.4) is 0 Å². The number of rotatable bonds is 4. The molecule has 10 heteroatoms. The maximum absolute atomic E-state index is 12.9. The summed E-state index contributed by atoms with van der Waals surface area (Å²) in [5, 5.41) is 12.0. The van der Waals surface area contributed by atoms with E-state index < -0.39 is 15.6 Å². The normalized spacial score (nSPS) is 20.7. The lowest BCUT2D eigenvalue weighted by Gasteiger charge is -2.42. The molecule has 156 valence electrons. The first kappa shape index (κ1) is 21.2. The standard InChI is InChI=1S/C19H25N5O4S/c1-19(2)18(26)21-7-8-23(19)14-17(25)22-9-11-24(12-10-22)29(27,28)16-6-4-3-5-15(16)13-20/h3-6H,7-12,14H2,1-2H3,(H,21,26). The SMILES string of the molecule is CC1(C)C(=O)NCCN1CC(=O)N1CCN(S(=O)(=O)c2ccccc2C#N)CC1. The van der Waals surface area contributed by atoms with Crippen molar-refractivity contribution in [3.63, 3.8) is 0 Å². The lowest BCUT2D eigenvalue weighted by molar-refractivity contribution is -0.141. The number of carbonyl (C=O) groups is 2. The van der Waals surface area contributed by atoms with E-state index in [9.17, 15) is 23.3 Å². The van der Waals surface area contributed by atoms with Crippen LogP contribution in [-0.4, -0.2) is 85.7 Å². The zero-order valence-electron chi connectivity index (χ0n) is 16.6. The van der Waals surface area contributed by atoms with Gasteiger partial charge in [-0.2, -0.15) is 9.57 Å². The number of nitriles is 1. The summed E-state index contributed by atoms with van der Waals surface area (Å²) in [6.07, 6.45) is 0. The van der Waals surface area contributed by atoms with Crippen molar-refractivity contribution in [2.75, 3.05) is 45.8 Å². The average Bonchev–Trinajstić information content (AvgIpc) is 2.71. The fraction of sp³-hybridized carbons (Fsp3) is 0.526. The zero-order chi connectivity index (χ0) is 21.2. The maximum atomic E-state index is 12.9. The van der Waals surface area contributed by atoms with Crippen LogP contribution in [-0.2, 0) is 19.6 Å². The van der Waals surface area contributed by atoms with Crippen molar-refractivity contribution >= 4 is 21.8 Å².